The number of thiophene rings is 1. The van der Waals surface area contributed by atoms with Crippen molar-refractivity contribution in [1.29, 1.82) is 0 Å². The van der Waals surface area contributed by atoms with Crippen molar-refractivity contribution in [3.63, 3.8) is 0 Å². The summed E-state index contributed by atoms with van der Waals surface area (Å²) in [5.74, 6) is -0.0595. The predicted octanol–water partition coefficient (Wildman–Crippen LogP) is 4.29. The molecule has 0 bridgehead atoms. The Hall–Kier alpha value is -0.780. The van der Waals surface area contributed by atoms with Crippen molar-refractivity contribution in [3.8, 4) is 0 Å². The van der Waals surface area contributed by atoms with E-state index in [0.717, 1.165) is 14.9 Å². The van der Waals surface area contributed by atoms with Gasteiger partial charge in [-0.05, 0) is 30.7 Å². The normalized spacial score (nSPS) is 12.2. The maximum absolute atomic E-state index is 12.0. The Morgan fingerprint density at radius 2 is 2.06 bits per heavy atom. The van der Waals surface area contributed by atoms with Gasteiger partial charge in [-0.3, -0.25) is 4.79 Å². The third kappa shape index (κ3) is 3.37. The van der Waals surface area contributed by atoms with E-state index < -0.39 is 0 Å². The van der Waals surface area contributed by atoms with E-state index in [1.54, 1.807) is 6.07 Å². The molecule has 1 atom stereocenters. The van der Waals surface area contributed by atoms with Crippen LogP contribution in [0, 0.1) is 0 Å². The lowest BCUT2D eigenvalue weighted by molar-refractivity contribution is 0.0944. The molecule has 18 heavy (non-hydrogen) atoms. The highest BCUT2D eigenvalue weighted by atomic mass is 79.9. The van der Waals surface area contributed by atoms with E-state index in [1.807, 2.05) is 36.6 Å². The average molecular weight is 342 g/mol. The van der Waals surface area contributed by atoms with Crippen molar-refractivity contribution in [3.05, 3.63) is 50.6 Å². The average Bonchev–Trinajstić information content (AvgIpc) is 2.76. The van der Waals surface area contributed by atoms with E-state index in [4.69, 9.17) is 0 Å². The molecule has 2 rings (SSSR count). The van der Waals surface area contributed by atoms with E-state index in [2.05, 4.69) is 33.9 Å². The summed E-state index contributed by atoms with van der Waals surface area (Å²) in [6.07, 6.45) is 0. The van der Waals surface area contributed by atoms with E-state index in [-0.39, 0.29) is 11.9 Å². The third-order valence-corrected chi connectivity index (χ3v) is 4.42. The number of carbonyl (C=O) groups is 1. The maximum atomic E-state index is 12.0. The zero-order valence-corrected chi connectivity index (χ0v) is 13.0. The number of amides is 1. The van der Waals surface area contributed by atoms with Crippen LogP contribution in [0.25, 0.3) is 0 Å². The quantitative estimate of drug-likeness (QED) is 0.801. The Balaban J connectivity index is 2.05. The van der Waals surface area contributed by atoms with Gasteiger partial charge in [0.25, 0.3) is 5.91 Å². The van der Waals surface area contributed by atoms with Gasteiger partial charge in [-0.1, -0.05) is 28.1 Å². The van der Waals surface area contributed by atoms with Crippen LogP contribution in [0.15, 0.2) is 45.1 Å². The summed E-state index contributed by atoms with van der Waals surface area (Å²) in [5, 5.41) is 4.82. The second kappa shape index (κ2) is 5.91. The number of thiol groups is 1. The largest absolute Gasteiger partial charge is 0.345 e. The minimum Gasteiger partial charge on any atom is -0.345 e. The highest BCUT2D eigenvalue weighted by molar-refractivity contribution is 9.10. The van der Waals surface area contributed by atoms with Crippen molar-refractivity contribution < 1.29 is 4.79 Å². The minimum absolute atomic E-state index is 0.0175. The van der Waals surface area contributed by atoms with Crippen LogP contribution in [-0.2, 0) is 0 Å². The van der Waals surface area contributed by atoms with Crippen molar-refractivity contribution in [2.75, 3.05) is 0 Å². The number of hydrogen-bond acceptors (Lipinski definition) is 3. The maximum Gasteiger partial charge on any atom is 0.261 e. The fraction of sp³-hybridized carbons (Fsp3) is 0.154. The lowest BCUT2D eigenvalue weighted by Crippen LogP contribution is -2.25. The van der Waals surface area contributed by atoms with E-state index in [9.17, 15) is 4.79 Å². The first-order valence-corrected chi connectivity index (χ1v) is 7.52. The Morgan fingerprint density at radius 3 is 2.61 bits per heavy atom. The number of rotatable bonds is 3. The summed E-state index contributed by atoms with van der Waals surface area (Å²) in [4.78, 5) is 13.5. The lowest BCUT2D eigenvalue weighted by atomic mass is 10.1. The minimum atomic E-state index is -0.0595. The summed E-state index contributed by atoms with van der Waals surface area (Å²) < 4.78 is 1.03. The van der Waals surface area contributed by atoms with E-state index in [1.165, 1.54) is 11.3 Å². The van der Waals surface area contributed by atoms with Crippen LogP contribution in [0.5, 0.6) is 0 Å². The van der Waals surface area contributed by atoms with Gasteiger partial charge in [0, 0.05) is 14.7 Å². The number of nitrogens with one attached hydrogen (secondary N) is 1. The summed E-state index contributed by atoms with van der Waals surface area (Å²) >= 11 is 8.99. The summed E-state index contributed by atoms with van der Waals surface area (Å²) in [6, 6.07) is 9.68. The van der Waals surface area contributed by atoms with Crippen molar-refractivity contribution >= 4 is 45.8 Å². The van der Waals surface area contributed by atoms with Gasteiger partial charge in [0.2, 0.25) is 0 Å². The Bertz CT molecular complexity index is 550. The number of halogens is 1. The fourth-order valence-electron chi connectivity index (χ4n) is 1.55. The molecule has 0 spiro atoms. The Labute approximate surface area is 124 Å². The van der Waals surface area contributed by atoms with Gasteiger partial charge in [0.15, 0.2) is 0 Å². The second-order valence-electron chi connectivity index (χ2n) is 3.92. The molecule has 0 saturated heterocycles. The molecule has 2 aromatic rings. The smallest absolute Gasteiger partial charge is 0.261 e. The predicted molar refractivity (Wildman–Crippen MR) is 81.6 cm³/mol. The SMILES string of the molecule is CC(NC(=O)c1cc(S)cs1)c1ccc(Br)cc1. The molecule has 0 radical (unpaired) electrons. The first-order chi connectivity index (χ1) is 8.56. The summed E-state index contributed by atoms with van der Waals surface area (Å²) in [5.41, 5.74) is 1.08. The monoisotopic (exact) mass is 341 g/mol. The van der Waals surface area contributed by atoms with Crippen LogP contribution in [0.1, 0.15) is 28.2 Å². The van der Waals surface area contributed by atoms with Gasteiger partial charge in [-0.25, -0.2) is 0 Å². The molecule has 0 aliphatic carbocycles. The zero-order chi connectivity index (χ0) is 13.1. The number of carbonyl (C=O) groups excluding carboxylic acids is 1. The van der Waals surface area contributed by atoms with Crippen molar-refractivity contribution in [2.24, 2.45) is 0 Å². The van der Waals surface area contributed by atoms with Crippen LogP contribution in [0.2, 0.25) is 0 Å². The van der Waals surface area contributed by atoms with Crippen LogP contribution >= 0.6 is 39.9 Å². The lowest BCUT2D eigenvalue weighted by Gasteiger charge is -2.13. The van der Waals surface area contributed by atoms with Gasteiger partial charge in [0.05, 0.1) is 10.9 Å². The van der Waals surface area contributed by atoms with Crippen LogP contribution in [0.3, 0.4) is 0 Å². The highest BCUT2D eigenvalue weighted by Gasteiger charge is 2.12. The molecule has 0 saturated carbocycles. The molecule has 2 nitrogen and oxygen atoms in total. The third-order valence-electron chi connectivity index (χ3n) is 2.53. The van der Waals surface area contributed by atoms with Gasteiger partial charge in [-0.15, -0.1) is 24.0 Å². The standard InChI is InChI=1S/C13H12BrNOS2/c1-8(9-2-4-10(14)5-3-9)15-13(16)12-6-11(17)7-18-12/h2-8,17H,1H3,(H,15,16). The second-order valence-corrected chi connectivity index (χ2v) is 6.26. The highest BCUT2D eigenvalue weighted by Crippen LogP contribution is 2.20. The van der Waals surface area contributed by atoms with Gasteiger partial charge in [0.1, 0.15) is 0 Å². The molecule has 1 heterocycles. The zero-order valence-electron chi connectivity index (χ0n) is 9.68. The van der Waals surface area contributed by atoms with E-state index in [0.29, 0.717) is 4.88 Å². The molecule has 94 valence electrons. The molecule has 1 amide bonds. The van der Waals surface area contributed by atoms with Gasteiger partial charge < -0.3 is 5.32 Å². The molecule has 0 fully saturated rings. The Morgan fingerprint density at radius 1 is 1.39 bits per heavy atom. The molecular weight excluding hydrogens is 330 g/mol. The molecular formula is C13H12BrNOS2. The number of benzene rings is 1. The van der Waals surface area contributed by atoms with Crippen LogP contribution < -0.4 is 5.32 Å². The molecule has 5 heteroatoms. The molecule has 1 N–H and O–H groups in total. The molecule has 0 aliphatic heterocycles. The van der Waals surface area contributed by atoms with Gasteiger partial charge in [-0.2, -0.15) is 0 Å². The van der Waals surface area contributed by atoms with Gasteiger partial charge >= 0.3 is 0 Å². The fourth-order valence-corrected chi connectivity index (χ4v) is 2.86. The molecule has 1 aromatic heterocycles. The first-order valence-electron chi connectivity index (χ1n) is 5.40. The summed E-state index contributed by atoms with van der Waals surface area (Å²) in [7, 11) is 0. The molecule has 1 unspecified atom stereocenters. The van der Waals surface area contributed by atoms with E-state index >= 15 is 0 Å². The first kappa shape index (κ1) is 13.6. The molecule has 0 aliphatic rings. The topological polar surface area (TPSA) is 29.1 Å². The van der Waals surface area contributed by atoms with Crippen molar-refractivity contribution in [1.82, 2.24) is 5.32 Å². The Kier molecular flexibility index (Phi) is 4.48. The molecule has 1 aromatic carbocycles. The van der Waals surface area contributed by atoms with Crippen LogP contribution in [-0.4, -0.2) is 5.91 Å². The van der Waals surface area contributed by atoms with Crippen molar-refractivity contribution in [2.45, 2.75) is 17.9 Å². The van der Waals surface area contributed by atoms with Crippen LogP contribution in [0.4, 0.5) is 0 Å². The summed E-state index contributed by atoms with van der Waals surface area (Å²) in [6.45, 7) is 1.97. The number of hydrogen-bond donors (Lipinski definition) is 2.